The van der Waals surface area contributed by atoms with E-state index in [2.05, 4.69) is 10.3 Å². The summed E-state index contributed by atoms with van der Waals surface area (Å²) in [6, 6.07) is 7.24. The van der Waals surface area contributed by atoms with Crippen molar-refractivity contribution < 1.29 is 23.7 Å². The summed E-state index contributed by atoms with van der Waals surface area (Å²) in [7, 11) is 4.55. The van der Waals surface area contributed by atoms with Gasteiger partial charge in [-0.1, -0.05) is 0 Å². The Labute approximate surface area is 158 Å². The molecule has 0 spiro atoms. The topological polar surface area (TPSA) is 78.9 Å². The van der Waals surface area contributed by atoms with E-state index in [1.165, 1.54) is 26.9 Å². The molecule has 0 unspecified atom stereocenters. The molecule has 0 bridgehead atoms. The number of nitrogens with zero attached hydrogens (tertiary/aromatic N) is 1. The summed E-state index contributed by atoms with van der Waals surface area (Å²) in [5, 5.41) is 3.07. The molecule has 144 valence electrons. The normalized spacial score (nSPS) is 18.8. The van der Waals surface area contributed by atoms with Crippen molar-refractivity contribution in [2.45, 2.75) is 12.5 Å². The Balaban J connectivity index is 1.76. The number of pyridine rings is 1. The molecule has 27 heavy (non-hydrogen) atoms. The maximum Gasteiger partial charge on any atom is 0.255 e. The van der Waals surface area contributed by atoms with Crippen LogP contribution in [-0.4, -0.2) is 51.5 Å². The van der Waals surface area contributed by atoms with Crippen LogP contribution in [0.15, 0.2) is 36.7 Å². The maximum atomic E-state index is 12.9. The molecule has 7 heteroatoms. The van der Waals surface area contributed by atoms with E-state index in [4.69, 9.17) is 18.9 Å². The lowest BCUT2D eigenvalue weighted by Crippen LogP contribution is -2.40. The van der Waals surface area contributed by atoms with Gasteiger partial charge in [0.2, 0.25) is 5.75 Å². The van der Waals surface area contributed by atoms with Crippen LogP contribution >= 0.6 is 0 Å². The Morgan fingerprint density at radius 2 is 1.81 bits per heavy atom. The zero-order valence-electron chi connectivity index (χ0n) is 15.7. The van der Waals surface area contributed by atoms with Gasteiger partial charge in [-0.05, 0) is 36.2 Å². The molecule has 2 heterocycles. The zero-order chi connectivity index (χ0) is 19.2. The standard InChI is InChI=1S/C20H24N2O5/c1-24-17-5-4-15(18(25-2)19(17)26-3)20(23)22-16-12-27-11-14(16)10-13-6-8-21-9-7-13/h4-9,14,16H,10-12H2,1-3H3,(H,22,23)/t14-,16+/m1/s1. The number of benzene rings is 1. The first kappa shape index (κ1) is 19.0. The van der Waals surface area contributed by atoms with E-state index >= 15 is 0 Å². The van der Waals surface area contributed by atoms with Crippen molar-refractivity contribution in [3.8, 4) is 17.2 Å². The van der Waals surface area contributed by atoms with Crippen LogP contribution in [0.3, 0.4) is 0 Å². The van der Waals surface area contributed by atoms with Gasteiger partial charge in [0, 0.05) is 18.3 Å². The molecule has 1 aliphatic heterocycles. The molecule has 1 saturated heterocycles. The Bertz CT molecular complexity index is 781. The monoisotopic (exact) mass is 372 g/mol. The molecular weight excluding hydrogens is 348 g/mol. The number of nitrogens with one attached hydrogen (secondary N) is 1. The van der Waals surface area contributed by atoms with E-state index in [1.807, 2.05) is 12.1 Å². The van der Waals surface area contributed by atoms with Crippen LogP contribution in [-0.2, 0) is 11.2 Å². The molecule has 1 aromatic carbocycles. The average molecular weight is 372 g/mol. The lowest BCUT2D eigenvalue weighted by molar-refractivity contribution is 0.0921. The van der Waals surface area contributed by atoms with Gasteiger partial charge >= 0.3 is 0 Å². The number of rotatable bonds is 7. The molecule has 2 aromatic rings. The van der Waals surface area contributed by atoms with Gasteiger partial charge in [-0.25, -0.2) is 0 Å². The van der Waals surface area contributed by atoms with Gasteiger partial charge in [-0.3, -0.25) is 9.78 Å². The predicted molar refractivity (Wildman–Crippen MR) is 99.6 cm³/mol. The van der Waals surface area contributed by atoms with Gasteiger partial charge in [0.05, 0.1) is 46.1 Å². The minimum absolute atomic E-state index is 0.0801. The summed E-state index contributed by atoms with van der Waals surface area (Å²) in [5.41, 5.74) is 1.56. The Kier molecular flexibility index (Phi) is 6.13. The average Bonchev–Trinajstić information content (AvgIpc) is 3.13. The lowest BCUT2D eigenvalue weighted by Gasteiger charge is -2.21. The third-order valence-electron chi connectivity index (χ3n) is 4.71. The van der Waals surface area contributed by atoms with E-state index in [0.717, 1.165) is 6.42 Å². The van der Waals surface area contributed by atoms with Crippen LogP contribution in [0.5, 0.6) is 17.2 Å². The van der Waals surface area contributed by atoms with Gasteiger partial charge in [0.25, 0.3) is 5.91 Å². The van der Waals surface area contributed by atoms with E-state index < -0.39 is 0 Å². The maximum absolute atomic E-state index is 12.9. The summed E-state index contributed by atoms with van der Waals surface area (Å²) < 4.78 is 21.7. The Morgan fingerprint density at radius 1 is 1.07 bits per heavy atom. The predicted octanol–water partition coefficient (Wildman–Crippen LogP) is 2.09. The van der Waals surface area contributed by atoms with Gasteiger partial charge in [0.15, 0.2) is 11.5 Å². The SMILES string of the molecule is COc1ccc(C(=O)N[C@H]2COC[C@H]2Cc2ccncc2)c(OC)c1OC. The van der Waals surface area contributed by atoms with Crippen molar-refractivity contribution in [3.63, 3.8) is 0 Å². The van der Waals surface area contributed by atoms with Crippen LogP contribution in [0.4, 0.5) is 0 Å². The van der Waals surface area contributed by atoms with Crippen LogP contribution in [0.1, 0.15) is 15.9 Å². The Morgan fingerprint density at radius 3 is 2.48 bits per heavy atom. The summed E-state index contributed by atoms with van der Waals surface area (Å²) in [6.45, 7) is 1.09. The fraction of sp³-hybridized carbons (Fsp3) is 0.400. The summed E-state index contributed by atoms with van der Waals surface area (Å²) in [5.74, 6) is 1.21. The quantitative estimate of drug-likeness (QED) is 0.802. The van der Waals surface area contributed by atoms with Crippen LogP contribution in [0.25, 0.3) is 0 Å². The molecule has 0 saturated carbocycles. The summed E-state index contributed by atoms with van der Waals surface area (Å²) in [4.78, 5) is 16.9. The third-order valence-corrected chi connectivity index (χ3v) is 4.71. The highest BCUT2D eigenvalue weighted by atomic mass is 16.5. The lowest BCUT2D eigenvalue weighted by atomic mass is 9.95. The summed E-state index contributed by atoms with van der Waals surface area (Å²) >= 11 is 0. The highest BCUT2D eigenvalue weighted by Crippen LogP contribution is 2.39. The highest BCUT2D eigenvalue weighted by Gasteiger charge is 2.31. The van der Waals surface area contributed by atoms with Crippen molar-refractivity contribution >= 4 is 5.91 Å². The fourth-order valence-corrected chi connectivity index (χ4v) is 3.31. The number of hydrogen-bond acceptors (Lipinski definition) is 6. The number of carbonyl (C=O) groups is 1. The molecule has 2 atom stereocenters. The molecule has 3 rings (SSSR count). The first-order chi connectivity index (χ1) is 13.2. The number of amides is 1. The second-order valence-corrected chi connectivity index (χ2v) is 6.32. The number of aromatic nitrogens is 1. The number of hydrogen-bond donors (Lipinski definition) is 1. The second kappa shape index (κ2) is 8.73. The minimum atomic E-state index is -0.233. The molecule has 0 aliphatic carbocycles. The van der Waals surface area contributed by atoms with Crippen LogP contribution < -0.4 is 19.5 Å². The van der Waals surface area contributed by atoms with Crippen molar-refractivity contribution in [1.29, 1.82) is 0 Å². The minimum Gasteiger partial charge on any atom is -0.493 e. The van der Waals surface area contributed by atoms with Crippen molar-refractivity contribution in [2.75, 3.05) is 34.5 Å². The van der Waals surface area contributed by atoms with Crippen LogP contribution in [0.2, 0.25) is 0 Å². The van der Waals surface area contributed by atoms with Gasteiger partial charge < -0.3 is 24.3 Å². The van der Waals surface area contributed by atoms with Crippen molar-refractivity contribution in [3.05, 3.63) is 47.8 Å². The summed E-state index contributed by atoms with van der Waals surface area (Å²) in [6.07, 6.45) is 4.36. The van der Waals surface area contributed by atoms with Crippen molar-refractivity contribution in [2.24, 2.45) is 5.92 Å². The van der Waals surface area contributed by atoms with E-state index in [1.54, 1.807) is 24.5 Å². The first-order valence-corrected chi connectivity index (χ1v) is 8.74. The largest absolute Gasteiger partial charge is 0.493 e. The molecule has 1 amide bonds. The van der Waals surface area contributed by atoms with Crippen LogP contribution in [0, 0.1) is 5.92 Å². The number of ether oxygens (including phenoxy) is 4. The smallest absolute Gasteiger partial charge is 0.255 e. The van der Waals surface area contributed by atoms with E-state index in [9.17, 15) is 4.79 Å². The first-order valence-electron chi connectivity index (χ1n) is 8.74. The Hall–Kier alpha value is -2.80. The van der Waals surface area contributed by atoms with Gasteiger partial charge in [-0.2, -0.15) is 0 Å². The van der Waals surface area contributed by atoms with E-state index in [-0.39, 0.29) is 17.9 Å². The number of methoxy groups -OCH3 is 3. The number of carbonyl (C=O) groups excluding carboxylic acids is 1. The molecule has 1 aromatic heterocycles. The second-order valence-electron chi connectivity index (χ2n) is 6.32. The molecular formula is C20H24N2O5. The van der Waals surface area contributed by atoms with Crippen molar-refractivity contribution in [1.82, 2.24) is 10.3 Å². The van der Waals surface area contributed by atoms with E-state index in [0.29, 0.717) is 36.0 Å². The van der Waals surface area contributed by atoms with Gasteiger partial charge in [0.1, 0.15) is 0 Å². The molecule has 7 nitrogen and oxygen atoms in total. The molecule has 0 radical (unpaired) electrons. The zero-order valence-corrected chi connectivity index (χ0v) is 15.7. The third kappa shape index (κ3) is 4.14. The molecule has 1 N–H and O–H groups in total. The van der Waals surface area contributed by atoms with Gasteiger partial charge in [-0.15, -0.1) is 0 Å². The highest BCUT2D eigenvalue weighted by molar-refractivity contribution is 5.98. The molecule has 1 aliphatic rings. The molecule has 1 fully saturated rings. The fourth-order valence-electron chi connectivity index (χ4n) is 3.31.